The van der Waals surface area contributed by atoms with Gasteiger partial charge in [0, 0.05) is 18.8 Å². The Balaban J connectivity index is 1.17. The Morgan fingerprint density at radius 3 is 1.93 bits per heavy atom. The third kappa shape index (κ3) is 6.88. The molecule has 236 valence electrons. The Hall–Kier alpha value is -3.46. The molecule has 7 unspecified atom stereocenters. The van der Waals surface area contributed by atoms with Crippen LogP contribution in [-0.2, 0) is 38.2 Å². The highest BCUT2D eigenvalue weighted by Crippen LogP contribution is 2.65. The van der Waals surface area contributed by atoms with Gasteiger partial charge in [-0.15, -0.1) is 0 Å². The molecule has 3 aliphatic carbocycles. The van der Waals surface area contributed by atoms with Crippen LogP contribution in [0.4, 0.5) is 0 Å². The normalized spacial score (nSPS) is 26.6. The molecule has 1 aliphatic heterocycles. The molecular formula is C37H46BN3O4. The van der Waals surface area contributed by atoms with E-state index in [4.69, 9.17) is 15.0 Å². The van der Waals surface area contributed by atoms with E-state index in [1.807, 2.05) is 78.9 Å². The molecule has 0 radical (unpaired) electrons. The average molecular weight is 608 g/mol. The minimum Gasteiger partial charge on any atom is -0.405 e. The van der Waals surface area contributed by atoms with Crippen molar-refractivity contribution in [2.75, 3.05) is 0 Å². The first-order valence-electron chi connectivity index (χ1n) is 16.4. The van der Waals surface area contributed by atoms with E-state index >= 15 is 0 Å². The van der Waals surface area contributed by atoms with Crippen LogP contribution in [-0.4, -0.2) is 48.8 Å². The number of nitrogens with two attached hydrogens (primary N) is 1. The smallest absolute Gasteiger partial charge is 0.405 e. The first-order chi connectivity index (χ1) is 21.6. The minimum absolute atomic E-state index is 0.0728. The Bertz CT molecular complexity index is 1460. The van der Waals surface area contributed by atoms with Crippen molar-refractivity contribution in [3.8, 4) is 0 Å². The summed E-state index contributed by atoms with van der Waals surface area (Å²) in [6.07, 6.45) is 4.15. The number of hydrogen-bond acceptors (Lipinski definition) is 5. The summed E-state index contributed by atoms with van der Waals surface area (Å²) in [6, 6.07) is 27.7. The fourth-order valence-electron chi connectivity index (χ4n) is 7.98. The first kappa shape index (κ1) is 31.5. The molecule has 3 aromatic carbocycles. The number of hydrogen-bond donors (Lipinski definition) is 3. The number of nitrogens with one attached hydrogen (secondary N) is 2. The summed E-state index contributed by atoms with van der Waals surface area (Å²) in [6.45, 7) is 6.93. The summed E-state index contributed by atoms with van der Waals surface area (Å²) in [5.41, 5.74) is 9.31. The maximum Gasteiger partial charge on any atom is 0.459 e. The van der Waals surface area contributed by atoms with Gasteiger partial charge in [-0.05, 0) is 66.5 Å². The minimum atomic E-state index is -0.793. The number of carbonyl (C=O) groups excluding carboxylic acids is 2. The summed E-state index contributed by atoms with van der Waals surface area (Å²) in [5.74, 6) is 0.533. The standard InChI is InChI=1S/C37H46BN3O4/c1-36(2)28-22-32(36)37(3)33(23-28)44-38(45-37)24-29(19-25-13-7-4-8-14-25)40-35(43)31(21-27-17-11-6-12-18-27)41-34(42)30(39)20-26-15-9-5-10-16-26/h4-18,28-33H,19-24,39H2,1-3H3,(H,40,43)(H,41,42). The van der Waals surface area contributed by atoms with E-state index in [1.165, 1.54) is 6.42 Å². The van der Waals surface area contributed by atoms with Gasteiger partial charge in [0.05, 0.1) is 17.7 Å². The molecule has 2 bridgehead atoms. The van der Waals surface area contributed by atoms with Gasteiger partial charge in [-0.25, -0.2) is 0 Å². The topological polar surface area (TPSA) is 103 Å². The molecule has 7 nitrogen and oxygen atoms in total. The van der Waals surface area contributed by atoms with Crippen LogP contribution >= 0.6 is 0 Å². The SMILES string of the molecule is CC1(C)C2CC3OB(CC(Cc4ccccc4)NC(=O)C(Cc4ccccc4)NC(=O)C(N)Cc4ccccc4)OC3(C)C1C2. The molecule has 45 heavy (non-hydrogen) atoms. The van der Waals surface area contributed by atoms with Gasteiger partial charge in [0.1, 0.15) is 6.04 Å². The average Bonchev–Trinajstić information content (AvgIpc) is 3.37. The van der Waals surface area contributed by atoms with Crippen LogP contribution < -0.4 is 16.4 Å². The van der Waals surface area contributed by atoms with Crippen LogP contribution in [0.5, 0.6) is 0 Å². The van der Waals surface area contributed by atoms with E-state index in [1.54, 1.807) is 0 Å². The van der Waals surface area contributed by atoms with E-state index in [0.29, 0.717) is 37.4 Å². The summed E-state index contributed by atoms with van der Waals surface area (Å²) in [7, 11) is -0.411. The van der Waals surface area contributed by atoms with Crippen LogP contribution in [0.3, 0.4) is 0 Å². The molecule has 2 amide bonds. The van der Waals surface area contributed by atoms with Gasteiger partial charge in [-0.2, -0.15) is 0 Å². The van der Waals surface area contributed by atoms with Crippen molar-refractivity contribution >= 4 is 18.9 Å². The molecule has 8 heteroatoms. The van der Waals surface area contributed by atoms with Crippen LogP contribution in [0.15, 0.2) is 91.0 Å². The van der Waals surface area contributed by atoms with E-state index in [0.717, 1.165) is 23.1 Å². The number of amides is 2. The van der Waals surface area contributed by atoms with Crippen molar-refractivity contribution in [3.05, 3.63) is 108 Å². The highest BCUT2D eigenvalue weighted by atomic mass is 16.7. The molecule has 3 aromatic rings. The second kappa shape index (κ2) is 13.1. The van der Waals surface area contributed by atoms with Crippen molar-refractivity contribution in [2.24, 2.45) is 23.0 Å². The van der Waals surface area contributed by atoms with Gasteiger partial charge in [0.2, 0.25) is 11.8 Å². The third-order valence-corrected chi connectivity index (χ3v) is 10.7. The predicted molar refractivity (Wildman–Crippen MR) is 177 cm³/mol. The van der Waals surface area contributed by atoms with Crippen molar-refractivity contribution in [1.29, 1.82) is 0 Å². The zero-order chi connectivity index (χ0) is 31.6. The Morgan fingerprint density at radius 2 is 1.36 bits per heavy atom. The van der Waals surface area contributed by atoms with Gasteiger partial charge < -0.3 is 25.7 Å². The fraction of sp³-hybridized carbons (Fsp3) is 0.459. The van der Waals surface area contributed by atoms with Crippen molar-refractivity contribution < 1.29 is 18.9 Å². The highest BCUT2D eigenvalue weighted by molar-refractivity contribution is 6.45. The lowest BCUT2D eigenvalue weighted by molar-refractivity contribution is -0.199. The van der Waals surface area contributed by atoms with Gasteiger partial charge >= 0.3 is 7.12 Å². The fourth-order valence-corrected chi connectivity index (χ4v) is 7.98. The lowest BCUT2D eigenvalue weighted by atomic mass is 9.43. The molecule has 4 fully saturated rings. The zero-order valence-corrected chi connectivity index (χ0v) is 26.7. The maximum atomic E-state index is 14.0. The molecule has 4 aliphatic rings. The van der Waals surface area contributed by atoms with E-state index in [9.17, 15) is 9.59 Å². The van der Waals surface area contributed by atoms with Gasteiger partial charge in [0.15, 0.2) is 0 Å². The van der Waals surface area contributed by atoms with Gasteiger partial charge in [-0.1, -0.05) is 105 Å². The summed E-state index contributed by atoms with van der Waals surface area (Å²) < 4.78 is 13.3. The van der Waals surface area contributed by atoms with E-state index in [2.05, 4.69) is 43.5 Å². The molecule has 3 saturated carbocycles. The lowest BCUT2D eigenvalue weighted by Gasteiger charge is -2.64. The van der Waals surface area contributed by atoms with Crippen molar-refractivity contribution in [1.82, 2.24) is 10.6 Å². The quantitative estimate of drug-likeness (QED) is 0.258. The summed E-state index contributed by atoms with van der Waals surface area (Å²) in [4.78, 5) is 27.4. The van der Waals surface area contributed by atoms with Crippen molar-refractivity contribution in [3.63, 3.8) is 0 Å². The molecule has 7 rings (SSSR count). The number of carbonyl (C=O) groups is 2. The van der Waals surface area contributed by atoms with E-state index in [-0.39, 0.29) is 35.0 Å². The summed E-state index contributed by atoms with van der Waals surface area (Å²) >= 11 is 0. The molecule has 7 atom stereocenters. The maximum absolute atomic E-state index is 14.0. The van der Waals surface area contributed by atoms with Gasteiger partial charge in [-0.3, -0.25) is 9.59 Å². The molecular weight excluding hydrogens is 561 g/mol. The second-order valence-electron chi connectivity index (χ2n) is 14.1. The lowest BCUT2D eigenvalue weighted by Crippen LogP contribution is -2.65. The largest absolute Gasteiger partial charge is 0.459 e. The first-order valence-corrected chi connectivity index (χ1v) is 16.4. The number of rotatable bonds is 12. The second-order valence-corrected chi connectivity index (χ2v) is 14.1. The molecule has 1 saturated heterocycles. The van der Waals surface area contributed by atoms with Crippen LogP contribution in [0.25, 0.3) is 0 Å². The van der Waals surface area contributed by atoms with Crippen LogP contribution in [0, 0.1) is 17.3 Å². The number of benzene rings is 3. The van der Waals surface area contributed by atoms with E-state index < -0.39 is 19.2 Å². The molecule has 0 spiro atoms. The highest BCUT2D eigenvalue weighted by Gasteiger charge is 2.67. The Morgan fingerprint density at radius 1 is 0.800 bits per heavy atom. The Labute approximate surface area is 267 Å². The zero-order valence-electron chi connectivity index (χ0n) is 26.7. The predicted octanol–water partition coefficient (Wildman–Crippen LogP) is 4.74. The van der Waals surface area contributed by atoms with Crippen LogP contribution in [0.2, 0.25) is 6.32 Å². The molecule has 0 aromatic heterocycles. The van der Waals surface area contributed by atoms with Gasteiger partial charge in [0.25, 0.3) is 0 Å². The summed E-state index contributed by atoms with van der Waals surface area (Å²) in [5, 5.41) is 6.26. The van der Waals surface area contributed by atoms with Crippen molar-refractivity contribution in [2.45, 2.75) is 89.0 Å². The van der Waals surface area contributed by atoms with Crippen LogP contribution in [0.1, 0.15) is 50.3 Å². The monoisotopic (exact) mass is 607 g/mol. The molecule has 1 heterocycles. The molecule has 4 N–H and O–H groups in total. The Kier molecular flexibility index (Phi) is 9.18. The third-order valence-electron chi connectivity index (χ3n) is 10.7.